The zero-order valence-corrected chi connectivity index (χ0v) is 15.7. The Morgan fingerprint density at radius 2 is 1.81 bits per heavy atom. The van der Waals surface area contributed by atoms with Gasteiger partial charge in [0, 0.05) is 30.9 Å². The minimum atomic E-state index is -0.0235. The molecule has 27 heavy (non-hydrogen) atoms. The molecule has 0 saturated heterocycles. The number of anilines is 1. The van der Waals surface area contributed by atoms with E-state index < -0.39 is 0 Å². The Labute approximate surface area is 165 Å². The summed E-state index contributed by atoms with van der Waals surface area (Å²) < 4.78 is 5.79. The second kappa shape index (κ2) is 9.78. The largest absolute Gasteiger partial charge is 0.365 e. The van der Waals surface area contributed by atoms with E-state index in [1.54, 1.807) is 0 Å². The van der Waals surface area contributed by atoms with E-state index in [9.17, 15) is 0 Å². The molecule has 0 spiro atoms. The van der Waals surface area contributed by atoms with Gasteiger partial charge in [-0.2, -0.15) is 0 Å². The summed E-state index contributed by atoms with van der Waals surface area (Å²) in [6.45, 7) is 0.283. The molecule has 3 rings (SSSR count). The number of para-hydroxylation sites is 2. The van der Waals surface area contributed by atoms with E-state index in [4.69, 9.17) is 22.8 Å². The van der Waals surface area contributed by atoms with Crippen LogP contribution in [0.15, 0.2) is 88.0 Å². The highest BCUT2D eigenvalue weighted by Crippen LogP contribution is 2.33. The Kier molecular flexibility index (Phi) is 6.87. The average Bonchev–Trinajstić information content (AvgIpc) is 2.72. The van der Waals surface area contributed by atoms with Gasteiger partial charge in [0.05, 0.1) is 16.8 Å². The summed E-state index contributed by atoms with van der Waals surface area (Å²) in [5, 5.41) is 4.00. The zero-order chi connectivity index (χ0) is 18.9. The van der Waals surface area contributed by atoms with Gasteiger partial charge < -0.3 is 10.1 Å². The highest BCUT2D eigenvalue weighted by Gasteiger charge is 2.23. The fourth-order valence-electron chi connectivity index (χ4n) is 2.83. The van der Waals surface area contributed by atoms with Crippen molar-refractivity contribution in [3.05, 3.63) is 83.0 Å². The number of benzene rings is 2. The minimum absolute atomic E-state index is 0.0235. The van der Waals surface area contributed by atoms with Crippen molar-refractivity contribution < 1.29 is 4.74 Å². The van der Waals surface area contributed by atoms with Crippen molar-refractivity contribution in [2.75, 3.05) is 11.9 Å². The second-order valence-corrected chi connectivity index (χ2v) is 6.54. The molecule has 0 saturated carbocycles. The molecule has 2 aromatic carbocycles. The van der Waals surface area contributed by atoms with Gasteiger partial charge in [-0.15, -0.1) is 6.42 Å². The molecule has 1 unspecified atom stereocenters. The highest BCUT2D eigenvalue weighted by molar-refractivity contribution is 6.33. The average molecular weight is 377 g/mol. The smallest absolute Gasteiger partial charge is 0.107 e. The number of rotatable bonds is 6. The van der Waals surface area contributed by atoms with Crippen molar-refractivity contribution in [3.8, 4) is 12.3 Å². The summed E-state index contributed by atoms with van der Waals surface area (Å²) in [5.41, 5.74) is 3.80. The molecule has 1 N–H and O–H groups in total. The van der Waals surface area contributed by atoms with E-state index in [0.717, 1.165) is 22.5 Å². The molecule has 0 radical (unpaired) electrons. The quantitative estimate of drug-likeness (QED) is 0.519. The predicted molar refractivity (Wildman–Crippen MR) is 113 cm³/mol. The van der Waals surface area contributed by atoms with Crippen molar-refractivity contribution in [2.45, 2.75) is 18.9 Å². The maximum atomic E-state index is 6.66. The number of terminal acetylenes is 1. The van der Waals surface area contributed by atoms with Crippen molar-refractivity contribution >= 4 is 29.2 Å². The molecule has 0 fully saturated rings. The van der Waals surface area contributed by atoms with E-state index in [0.29, 0.717) is 17.9 Å². The first-order valence-corrected chi connectivity index (χ1v) is 9.18. The maximum absolute atomic E-state index is 6.66. The number of nitrogens with zero attached hydrogens (tertiary/aromatic N) is 1. The lowest BCUT2D eigenvalue weighted by molar-refractivity contribution is 0.0778. The first-order valence-electron chi connectivity index (χ1n) is 8.80. The molecule has 136 valence electrons. The number of hydrogen-bond acceptors (Lipinski definition) is 3. The monoisotopic (exact) mass is 376 g/mol. The zero-order valence-electron chi connectivity index (χ0n) is 14.9. The van der Waals surface area contributed by atoms with Gasteiger partial charge in [0.15, 0.2) is 0 Å². The van der Waals surface area contributed by atoms with Crippen LogP contribution in [0.2, 0.25) is 0 Å². The third kappa shape index (κ3) is 5.59. The second-order valence-electron chi connectivity index (χ2n) is 6.16. The molecule has 2 aromatic rings. The first kappa shape index (κ1) is 19.0. The fourth-order valence-corrected chi connectivity index (χ4v) is 3.09. The summed E-state index contributed by atoms with van der Waals surface area (Å²) >= 11 is 6.66. The summed E-state index contributed by atoms with van der Waals surface area (Å²) in [5.74, 6) is 2.53. The van der Waals surface area contributed by atoms with Crippen LogP contribution in [0, 0.1) is 12.3 Å². The normalized spacial score (nSPS) is 18.7. The van der Waals surface area contributed by atoms with E-state index >= 15 is 0 Å². The molecule has 4 heteroatoms. The van der Waals surface area contributed by atoms with E-state index in [1.165, 1.54) is 0 Å². The van der Waals surface area contributed by atoms with Gasteiger partial charge in [-0.25, -0.2) is 0 Å². The van der Waals surface area contributed by atoms with Crippen LogP contribution in [-0.4, -0.2) is 18.9 Å². The predicted octanol–water partition coefficient (Wildman–Crippen LogP) is 5.69. The number of ether oxygens (including phenoxy) is 1. The van der Waals surface area contributed by atoms with Crippen LogP contribution in [0.5, 0.6) is 0 Å². The summed E-state index contributed by atoms with van der Waals surface area (Å²) in [6.07, 6.45) is 10.4. The lowest BCUT2D eigenvalue weighted by Crippen LogP contribution is -2.21. The third-order valence-corrected chi connectivity index (χ3v) is 4.66. The van der Waals surface area contributed by atoms with Gasteiger partial charge in [-0.3, -0.25) is 4.99 Å². The lowest BCUT2D eigenvalue weighted by Gasteiger charge is -2.25. The Morgan fingerprint density at radius 1 is 1.11 bits per heavy atom. The van der Waals surface area contributed by atoms with Crippen LogP contribution in [0.25, 0.3) is 0 Å². The summed E-state index contributed by atoms with van der Waals surface area (Å²) in [4.78, 5) is 4.54. The topological polar surface area (TPSA) is 33.6 Å². The molecule has 1 atom stereocenters. The van der Waals surface area contributed by atoms with Crippen LogP contribution in [0.4, 0.5) is 11.4 Å². The van der Waals surface area contributed by atoms with Crippen LogP contribution < -0.4 is 5.32 Å². The SMILES string of the molecule is C#CCOC1CC(C=Nc2ccccc2)=C(Cl)/C(=C/Nc2ccccc2)C1. The molecule has 0 heterocycles. The molecule has 0 aliphatic heterocycles. The van der Waals surface area contributed by atoms with Crippen molar-refractivity contribution in [1.82, 2.24) is 0 Å². The van der Waals surface area contributed by atoms with Crippen molar-refractivity contribution in [1.29, 1.82) is 0 Å². The van der Waals surface area contributed by atoms with Gasteiger partial charge >= 0.3 is 0 Å². The fraction of sp³-hybridized carbons (Fsp3) is 0.174. The molecule has 0 amide bonds. The number of hydrogen-bond donors (Lipinski definition) is 1. The standard InChI is InChI=1S/C23H21ClN2O/c1-2-13-27-22-14-18(16-25-20-9-5-3-6-10-20)23(24)19(15-22)17-26-21-11-7-4-8-12-21/h1,3-12,16-17,22,25H,13-15H2/b18-16+,26-17?. The summed E-state index contributed by atoms with van der Waals surface area (Å²) in [6, 6.07) is 19.7. The number of allylic oxidation sites excluding steroid dienone is 1. The molecule has 1 aliphatic rings. The molecule has 0 aromatic heterocycles. The Hall–Kier alpha value is -2.80. The van der Waals surface area contributed by atoms with Gasteiger partial charge in [0.2, 0.25) is 0 Å². The van der Waals surface area contributed by atoms with E-state index in [1.807, 2.05) is 73.1 Å². The molecule has 0 bridgehead atoms. The first-order chi connectivity index (χ1) is 13.3. The van der Waals surface area contributed by atoms with E-state index in [-0.39, 0.29) is 12.7 Å². The Balaban J connectivity index is 1.83. The van der Waals surface area contributed by atoms with Gasteiger partial charge in [-0.1, -0.05) is 53.9 Å². The molecule has 1 aliphatic carbocycles. The number of nitrogens with one attached hydrogen (secondary N) is 1. The molecular weight excluding hydrogens is 356 g/mol. The van der Waals surface area contributed by atoms with Crippen LogP contribution >= 0.6 is 11.6 Å². The number of aliphatic imine (C=N–C) groups is 1. The maximum Gasteiger partial charge on any atom is 0.107 e. The van der Waals surface area contributed by atoms with Crippen LogP contribution in [0.3, 0.4) is 0 Å². The Morgan fingerprint density at radius 3 is 2.52 bits per heavy atom. The Bertz CT molecular complexity index is 880. The van der Waals surface area contributed by atoms with Gasteiger partial charge in [-0.05, 0) is 35.4 Å². The molecule has 3 nitrogen and oxygen atoms in total. The summed E-state index contributed by atoms with van der Waals surface area (Å²) in [7, 11) is 0. The van der Waals surface area contributed by atoms with Crippen molar-refractivity contribution in [2.24, 2.45) is 4.99 Å². The highest BCUT2D eigenvalue weighted by atomic mass is 35.5. The van der Waals surface area contributed by atoms with Crippen LogP contribution in [0.1, 0.15) is 12.8 Å². The number of halogens is 1. The van der Waals surface area contributed by atoms with E-state index in [2.05, 4.69) is 16.2 Å². The minimum Gasteiger partial charge on any atom is -0.365 e. The third-order valence-electron chi connectivity index (χ3n) is 4.17. The molecular formula is C23H21ClN2O. The van der Waals surface area contributed by atoms with Crippen molar-refractivity contribution in [3.63, 3.8) is 0 Å². The lowest BCUT2D eigenvalue weighted by atomic mass is 9.93. The van der Waals surface area contributed by atoms with Gasteiger partial charge in [0.25, 0.3) is 0 Å². The van der Waals surface area contributed by atoms with Crippen LogP contribution in [-0.2, 0) is 4.74 Å². The van der Waals surface area contributed by atoms with Gasteiger partial charge in [0.1, 0.15) is 6.61 Å².